The van der Waals surface area contributed by atoms with Gasteiger partial charge in [0.15, 0.2) is 4.80 Å². The van der Waals surface area contributed by atoms with Gasteiger partial charge in [0.2, 0.25) is 0 Å². The lowest BCUT2D eigenvalue weighted by Gasteiger charge is -2.10. The van der Waals surface area contributed by atoms with Gasteiger partial charge in [-0.25, -0.2) is 4.39 Å². The van der Waals surface area contributed by atoms with Crippen LogP contribution >= 0.6 is 22.9 Å². The van der Waals surface area contributed by atoms with Crippen molar-refractivity contribution in [3.05, 3.63) is 69.0 Å². The lowest BCUT2D eigenvalue weighted by atomic mass is 10.1. The molecule has 0 spiro atoms. The average Bonchev–Trinajstić information content (AvgIpc) is 2.85. The second kappa shape index (κ2) is 5.47. The molecule has 0 unspecified atom stereocenters. The number of halogens is 2. The van der Waals surface area contributed by atoms with E-state index in [1.54, 1.807) is 16.7 Å². The van der Waals surface area contributed by atoms with Crippen LogP contribution in [0.1, 0.15) is 5.56 Å². The molecular formula is C16H12ClFN2S. The first-order chi connectivity index (χ1) is 10.1. The van der Waals surface area contributed by atoms with Crippen LogP contribution in [0.2, 0.25) is 5.02 Å². The number of thiazole rings is 1. The molecule has 1 heterocycles. The molecule has 106 valence electrons. The summed E-state index contributed by atoms with van der Waals surface area (Å²) in [5.41, 5.74) is 3.63. The Morgan fingerprint density at radius 1 is 1.14 bits per heavy atom. The Hall–Kier alpha value is -1.91. The van der Waals surface area contributed by atoms with Crippen LogP contribution in [0.15, 0.2) is 47.8 Å². The molecule has 1 aromatic heterocycles. The Bertz CT molecular complexity index is 849. The van der Waals surface area contributed by atoms with E-state index in [-0.39, 0.29) is 5.82 Å². The van der Waals surface area contributed by atoms with Gasteiger partial charge in [-0.2, -0.15) is 0 Å². The molecule has 3 rings (SSSR count). The summed E-state index contributed by atoms with van der Waals surface area (Å²) in [6.45, 7) is 1.95. The van der Waals surface area contributed by atoms with E-state index in [0.717, 1.165) is 22.5 Å². The van der Waals surface area contributed by atoms with Crippen molar-refractivity contribution in [3.63, 3.8) is 0 Å². The Labute approximate surface area is 130 Å². The van der Waals surface area contributed by atoms with E-state index < -0.39 is 0 Å². The summed E-state index contributed by atoms with van der Waals surface area (Å²) in [5, 5.41) is 10.7. The molecule has 0 atom stereocenters. The van der Waals surface area contributed by atoms with Crippen molar-refractivity contribution in [1.29, 1.82) is 5.41 Å². The molecule has 3 aromatic rings. The van der Waals surface area contributed by atoms with Crippen LogP contribution in [-0.4, -0.2) is 4.57 Å². The first kappa shape index (κ1) is 14.0. The topological polar surface area (TPSA) is 28.8 Å². The van der Waals surface area contributed by atoms with Crippen molar-refractivity contribution in [2.24, 2.45) is 0 Å². The molecule has 0 aliphatic carbocycles. The minimum absolute atomic E-state index is 0.287. The van der Waals surface area contributed by atoms with Gasteiger partial charge in [0, 0.05) is 16.1 Å². The number of nitrogens with zero attached hydrogens (tertiary/aromatic N) is 1. The zero-order chi connectivity index (χ0) is 15.0. The highest BCUT2D eigenvalue weighted by molar-refractivity contribution is 7.07. The van der Waals surface area contributed by atoms with Gasteiger partial charge in [0.05, 0.1) is 5.69 Å². The van der Waals surface area contributed by atoms with E-state index in [0.29, 0.717) is 9.82 Å². The van der Waals surface area contributed by atoms with Gasteiger partial charge in [0.25, 0.3) is 0 Å². The van der Waals surface area contributed by atoms with Gasteiger partial charge in [-0.05, 0) is 54.4 Å². The first-order valence-corrected chi connectivity index (χ1v) is 7.59. The molecule has 21 heavy (non-hydrogen) atoms. The maximum absolute atomic E-state index is 13.1. The third-order valence-corrected chi connectivity index (χ3v) is 4.44. The van der Waals surface area contributed by atoms with Crippen LogP contribution in [0.25, 0.3) is 16.9 Å². The van der Waals surface area contributed by atoms with Gasteiger partial charge in [-0.1, -0.05) is 17.7 Å². The third-order valence-electron chi connectivity index (χ3n) is 3.26. The van der Waals surface area contributed by atoms with Gasteiger partial charge in [-0.15, -0.1) is 11.3 Å². The number of aryl methyl sites for hydroxylation is 1. The van der Waals surface area contributed by atoms with Crippen LogP contribution in [0, 0.1) is 18.2 Å². The largest absolute Gasteiger partial charge is 0.286 e. The highest BCUT2D eigenvalue weighted by Gasteiger charge is 2.10. The summed E-state index contributed by atoms with van der Waals surface area (Å²) >= 11 is 7.40. The summed E-state index contributed by atoms with van der Waals surface area (Å²) in [6, 6.07) is 11.9. The summed E-state index contributed by atoms with van der Waals surface area (Å²) in [6.07, 6.45) is 0. The van der Waals surface area contributed by atoms with Crippen molar-refractivity contribution < 1.29 is 4.39 Å². The van der Waals surface area contributed by atoms with Crippen molar-refractivity contribution >= 4 is 22.9 Å². The minimum Gasteiger partial charge on any atom is -0.286 e. The maximum atomic E-state index is 13.1. The van der Waals surface area contributed by atoms with Crippen LogP contribution < -0.4 is 4.80 Å². The fourth-order valence-corrected chi connectivity index (χ4v) is 3.07. The highest BCUT2D eigenvalue weighted by atomic mass is 35.5. The highest BCUT2D eigenvalue weighted by Crippen LogP contribution is 2.27. The second-order valence-electron chi connectivity index (χ2n) is 4.70. The lowest BCUT2D eigenvalue weighted by molar-refractivity contribution is 0.627. The van der Waals surface area contributed by atoms with E-state index in [1.165, 1.54) is 23.5 Å². The molecule has 0 amide bonds. The molecule has 0 fully saturated rings. The van der Waals surface area contributed by atoms with Crippen LogP contribution in [-0.2, 0) is 0 Å². The zero-order valence-corrected chi connectivity index (χ0v) is 12.8. The zero-order valence-electron chi connectivity index (χ0n) is 11.2. The Morgan fingerprint density at radius 3 is 2.52 bits per heavy atom. The quantitative estimate of drug-likeness (QED) is 0.704. The standard InChI is InChI=1S/C16H12ClFN2S/c1-10-8-11(2-7-14(10)17)15-9-21-16(19)20(15)13-5-3-12(18)4-6-13/h2-9,19H,1H3. The summed E-state index contributed by atoms with van der Waals surface area (Å²) in [4.78, 5) is 0.393. The maximum Gasteiger partial charge on any atom is 0.187 e. The predicted molar refractivity (Wildman–Crippen MR) is 84.6 cm³/mol. The number of rotatable bonds is 2. The Morgan fingerprint density at radius 2 is 1.86 bits per heavy atom. The molecule has 0 aliphatic heterocycles. The molecule has 0 bridgehead atoms. The number of benzene rings is 2. The Kier molecular flexibility index (Phi) is 3.66. The molecule has 1 N–H and O–H groups in total. The number of hydrogen-bond acceptors (Lipinski definition) is 2. The fourth-order valence-electron chi connectivity index (χ4n) is 2.17. The van der Waals surface area contributed by atoms with Crippen molar-refractivity contribution in [2.45, 2.75) is 6.92 Å². The van der Waals surface area contributed by atoms with E-state index in [1.807, 2.05) is 30.5 Å². The summed E-state index contributed by atoms with van der Waals surface area (Å²) in [7, 11) is 0. The molecule has 2 nitrogen and oxygen atoms in total. The van der Waals surface area contributed by atoms with Gasteiger partial charge in [0.1, 0.15) is 5.82 Å². The van der Waals surface area contributed by atoms with Crippen LogP contribution in [0.4, 0.5) is 4.39 Å². The monoisotopic (exact) mass is 318 g/mol. The summed E-state index contributed by atoms with van der Waals surface area (Å²) < 4.78 is 14.9. The van der Waals surface area contributed by atoms with Crippen LogP contribution in [0.3, 0.4) is 0 Å². The lowest BCUT2D eigenvalue weighted by Crippen LogP contribution is -2.12. The molecule has 2 aromatic carbocycles. The molecule has 0 saturated carbocycles. The molecule has 0 saturated heterocycles. The first-order valence-electron chi connectivity index (χ1n) is 6.34. The van der Waals surface area contributed by atoms with Crippen molar-refractivity contribution in [2.75, 3.05) is 0 Å². The molecule has 0 aliphatic rings. The smallest absolute Gasteiger partial charge is 0.187 e. The van der Waals surface area contributed by atoms with E-state index in [4.69, 9.17) is 17.0 Å². The van der Waals surface area contributed by atoms with Crippen molar-refractivity contribution in [3.8, 4) is 16.9 Å². The van der Waals surface area contributed by atoms with Crippen LogP contribution in [0.5, 0.6) is 0 Å². The average molecular weight is 319 g/mol. The van der Waals surface area contributed by atoms with Crippen molar-refractivity contribution in [1.82, 2.24) is 4.57 Å². The Balaban J connectivity index is 2.19. The number of hydrogen-bond donors (Lipinski definition) is 1. The fraction of sp³-hybridized carbons (Fsp3) is 0.0625. The molecular weight excluding hydrogens is 307 g/mol. The number of nitrogens with one attached hydrogen (secondary N) is 1. The predicted octanol–water partition coefficient (Wildman–Crippen LogP) is 4.79. The van der Waals surface area contributed by atoms with Gasteiger partial charge >= 0.3 is 0 Å². The molecule has 0 radical (unpaired) electrons. The summed E-state index contributed by atoms with van der Waals surface area (Å²) in [5.74, 6) is -0.287. The SMILES string of the molecule is Cc1cc(-c2csc(=N)n2-c2ccc(F)cc2)ccc1Cl. The van der Waals surface area contributed by atoms with E-state index in [2.05, 4.69) is 0 Å². The third kappa shape index (κ3) is 2.64. The molecule has 5 heteroatoms. The second-order valence-corrected chi connectivity index (χ2v) is 5.97. The van der Waals surface area contributed by atoms with E-state index in [9.17, 15) is 4.39 Å². The van der Waals surface area contributed by atoms with E-state index >= 15 is 0 Å². The number of aromatic nitrogens is 1. The minimum atomic E-state index is -0.287. The van der Waals surface area contributed by atoms with Gasteiger partial charge < -0.3 is 0 Å². The normalized spacial score (nSPS) is 10.8. The van der Waals surface area contributed by atoms with Gasteiger partial charge in [-0.3, -0.25) is 9.98 Å².